The number of pyridine rings is 2. The molecular formula is C48H28N4. The first-order chi connectivity index (χ1) is 25.7. The van der Waals surface area contributed by atoms with Crippen LogP contribution in [0.2, 0.25) is 0 Å². The minimum absolute atomic E-state index is 0.887. The maximum Gasteiger partial charge on any atom is 0.0972 e. The standard InChI is InChI=1S/C48H28N4/c1-2-8-38-37(7-1)40-10-4-9-39-36(20-21-41(38)46(39)40)34-5-3-6-35(27-34)43-23-18-32-16-15-31-17-22-42(51-47(31)48(32)52-43)30-13-11-29(12-14-30)33-19-24-44-45(28-33)50-26-25-49-44/h1-28H. The van der Waals surface area contributed by atoms with Crippen LogP contribution in [0.25, 0.3) is 111 Å². The average Bonchev–Trinajstić information content (AvgIpc) is 3.55. The molecule has 0 aliphatic heterocycles. The molecule has 0 atom stereocenters. The molecule has 0 saturated heterocycles. The van der Waals surface area contributed by atoms with Gasteiger partial charge in [-0.2, -0.15) is 0 Å². The zero-order valence-corrected chi connectivity index (χ0v) is 28.0. The van der Waals surface area contributed by atoms with Crippen LogP contribution in [0, 0.1) is 0 Å². The summed E-state index contributed by atoms with van der Waals surface area (Å²) in [6.07, 6.45) is 3.45. The second kappa shape index (κ2) is 11.2. The molecule has 0 radical (unpaired) electrons. The Morgan fingerprint density at radius 3 is 1.67 bits per heavy atom. The molecule has 3 aromatic heterocycles. The van der Waals surface area contributed by atoms with Gasteiger partial charge < -0.3 is 0 Å². The van der Waals surface area contributed by atoms with Gasteiger partial charge in [0.25, 0.3) is 0 Å². The Hall–Kier alpha value is -7.04. The lowest BCUT2D eigenvalue weighted by Crippen LogP contribution is -1.91. The summed E-state index contributed by atoms with van der Waals surface area (Å²) >= 11 is 0. The number of hydrogen-bond donors (Lipinski definition) is 0. The highest BCUT2D eigenvalue weighted by Gasteiger charge is 2.22. The number of fused-ring (bicyclic) bond motifs is 7. The summed E-state index contributed by atoms with van der Waals surface area (Å²) in [5.74, 6) is 0. The van der Waals surface area contributed by atoms with Crippen molar-refractivity contribution < 1.29 is 0 Å². The van der Waals surface area contributed by atoms with Gasteiger partial charge in [0.1, 0.15) is 0 Å². The average molecular weight is 661 g/mol. The Balaban J connectivity index is 0.971. The van der Waals surface area contributed by atoms with Crippen LogP contribution in [-0.2, 0) is 0 Å². The van der Waals surface area contributed by atoms with Crippen LogP contribution < -0.4 is 0 Å². The number of rotatable bonds is 4. The fraction of sp³-hybridized carbons (Fsp3) is 0. The summed E-state index contributed by atoms with van der Waals surface area (Å²) in [5, 5.41) is 4.75. The Morgan fingerprint density at radius 1 is 0.327 bits per heavy atom. The summed E-state index contributed by atoms with van der Waals surface area (Å²) in [7, 11) is 0. The highest BCUT2D eigenvalue weighted by atomic mass is 14.8. The van der Waals surface area contributed by atoms with Crippen LogP contribution in [-0.4, -0.2) is 19.9 Å². The molecule has 0 spiro atoms. The smallest absolute Gasteiger partial charge is 0.0972 e. The van der Waals surface area contributed by atoms with Crippen molar-refractivity contribution >= 4 is 43.6 Å². The molecule has 1 aliphatic carbocycles. The SMILES string of the molecule is c1cc(-c2ccc3ccc4ccc(-c5ccc(-c6ccc7nccnc7c6)cc5)nc4c3n2)cc(-c2ccc3c4c(cccc24)-c2ccccc2-3)c1. The van der Waals surface area contributed by atoms with Crippen molar-refractivity contribution in [3.8, 4) is 67.0 Å². The van der Waals surface area contributed by atoms with E-state index >= 15 is 0 Å². The van der Waals surface area contributed by atoms with Gasteiger partial charge in [0.05, 0.1) is 33.5 Å². The molecule has 7 aromatic carbocycles. The van der Waals surface area contributed by atoms with Crippen molar-refractivity contribution in [3.05, 3.63) is 170 Å². The lowest BCUT2D eigenvalue weighted by atomic mass is 9.93. The monoisotopic (exact) mass is 660 g/mol. The summed E-state index contributed by atoms with van der Waals surface area (Å²) < 4.78 is 0. The van der Waals surface area contributed by atoms with E-state index in [9.17, 15) is 0 Å². The lowest BCUT2D eigenvalue weighted by Gasteiger charge is -2.12. The van der Waals surface area contributed by atoms with E-state index in [1.165, 1.54) is 44.2 Å². The van der Waals surface area contributed by atoms with Gasteiger partial charge in [0, 0.05) is 34.3 Å². The van der Waals surface area contributed by atoms with Crippen molar-refractivity contribution in [2.45, 2.75) is 0 Å². The topological polar surface area (TPSA) is 51.6 Å². The van der Waals surface area contributed by atoms with Crippen LogP contribution in [0.5, 0.6) is 0 Å². The van der Waals surface area contributed by atoms with E-state index in [0.717, 1.165) is 66.5 Å². The van der Waals surface area contributed by atoms with Gasteiger partial charge in [-0.15, -0.1) is 0 Å². The van der Waals surface area contributed by atoms with Gasteiger partial charge in [-0.25, -0.2) is 9.97 Å². The molecule has 0 N–H and O–H groups in total. The van der Waals surface area contributed by atoms with E-state index < -0.39 is 0 Å². The third kappa shape index (κ3) is 4.48. The Labute approximate surface area is 299 Å². The van der Waals surface area contributed by atoms with E-state index in [2.05, 4.69) is 162 Å². The van der Waals surface area contributed by atoms with E-state index in [1.807, 2.05) is 6.07 Å². The molecule has 4 heteroatoms. The van der Waals surface area contributed by atoms with Crippen molar-refractivity contribution in [1.29, 1.82) is 0 Å². The first-order valence-electron chi connectivity index (χ1n) is 17.5. The maximum atomic E-state index is 5.28. The number of hydrogen-bond acceptors (Lipinski definition) is 4. The van der Waals surface area contributed by atoms with E-state index in [4.69, 9.17) is 9.97 Å². The zero-order chi connectivity index (χ0) is 34.2. The predicted octanol–water partition coefficient (Wildman–Crippen LogP) is 12.2. The predicted molar refractivity (Wildman–Crippen MR) is 214 cm³/mol. The van der Waals surface area contributed by atoms with Gasteiger partial charge in [0.2, 0.25) is 0 Å². The maximum absolute atomic E-state index is 5.28. The van der Waals surface area contributed by atoms with Gasteiger partial charge in [-0.05, 0) is 85.6 Å². The first kappa shape index (κ1) is 28.8. The van der Waals surface area contributed by atoms with Gasteiger partial charge in [-0.1, -0.05) is 127 Å². The van der Waals surface area contributed by atoms with Crippen LogP contribution >= 0.6 is 0 Å². The normalized spacial score (nSPS) is 11.8. The van der Waals surface area contributed by atoms with E-state index in [1.54, 1.807) is 12.4 Å². The van der Waals surface area contributed by atoms with Crippen molar-refractivity contribution in [2.24, 2.45) is 0 Å². The second-order valence-electron chi connectivity index (χ2n) is 13.5. The molecule has 3 heterocycles. The molecule has 0 amide bonds. The molecule has 0 unspecified atom stereocenters. The van der Waals surface area contributed by atoms with Crippen LogP contribution in [0.3, 0.4) is 0 Å². The summed E-state index contributed by atoms with van der Waals surface area (Å²) in [6.45, 7) is 0. The lowest BCUT2D eigenvalue weighted by molar-refractivity contribution is 1.29. The van der Waals surface area contributed by atoms with Gasteiger partial charge in [-0.3, -0.25) is 9.97 Å². The van der Waals surface area contributed by atoms with Crippen molar-refractivity contribution in [2.75, 3.05) is 0 Å². The fourth-order valence-corrected chi connectivity index (χ4v) is 7.97. The first-order valence-corrected chi connectivity index (χ1v) is 17.5. The molecule has 0 fully saturated rings. The number of nitrogens with zero attached hydrogens (tertiary/aromatic N) is 4. The van der Waals surface area contributed by atoms with Crippen molar-refractivity contribution in [3.63, 3.8) is 0 Å². The molecule has 11 rings (SSSR count). The minimum atomic E-state index is 0.887. The molecular weight excluding hydrogens is 633 g/mol. The molecule has 1 aliphatic rings. The fourth-order valence-electron chi connectivity index (χ4n) is 7.97. The van der Waals surface area contributed by atoms with E-state index in [0.29, 0.717) is 0 Å². The quantitative estimate of drug-likeness (QED) is 0.176. The minimum Gasteiger partial charge on any atom is -0.253 e. The highest BCUT2D eigenvalue weighted by molar-refractivity contribution is 6.18. The molecule has 0 bridgehead atoms. The van der Waals surface area contributed by atoms with Gasteiger partial charge >= 0.3 is 0 Å². The third-order valence-corrected chi connectivity index (χ3v) is 10.5. The van der Waals surface area contributed by atoms with Crippen LogP contribution in [0.4, 0.5) is 0 Å². The molecule has 4 nitrogen and oxygen atoms in total. The number of benzene rings is 7. The zero-order valence-electron chi connectivity index (χ0n) is 28.0. The molecule has 52 heavy (non-hydrogen) atoms. The Kier molecular flexibility index (Phi) is 6.22. The summed E-state index contributed by atoms with van der Waals surface area (Å²) in [4.78, 5) is 19.4. The van der Waals surface area contributed by atoms with Gasteiger partial charge in [0.15, 0.2) is 0 Å². The molecule has 240 valence electrons. The summed E-state index contributed by atoms with van der Waals surface area (Å²) in [6, 6.07) is 56.3. The van der Waals surface area contributed by atoms with Crippen molar-refractivity contribution in [1.82, 2.24) is 19.9 Å². The molecule has 0 saturated carbocycles. The Morgan fingerprint density at radius 2 is 0.904 bits per heavy atom. The summed E-state index contributed by atoms with van der Waals surface area (Å²) in [5.41, 5.74) is 17.4. The second-order valence-corrected chi connectivity index (χ2v) is 13.5. The third-order valence-electron chi connectivity index (χ3n) is 10.5. The van der Waals surface area contributed by atoms with Crippen LogP contribution in [0.15, 0.2) is 170 Å². The highest BCUT2D eigenvalue weighted by Crippen LogP contribution is 2.49. The largest absolute Gasteiger partial charge is 0.253 e. The Bertz CT molecular complexity index is 3040. The number of aromatic nitrogens is 4. The van der Waals surface area contributed by atoms with Crippen LogP contribution in [0.1, 0.15) is 0 Å². The van der Waals surface area contributed by atoms with E-state index in [-0.39, 0.29) is 0 Å². The molecule has 10 aromatic rings.